The molecule has 51 heavy (non-hydrogen) atoms. The van der Waals surface area contributed by atoms with Gasteiger partial charge in [0.05, 0.1) is 27.7 Å². The van der Waals surface area contributed by atoms with E-state index in [2.05, 4.69) is 13.8 Å². The maximum absolute atomic E-state index is 12.5. The Morgan fingerprint density at radius 1 is 0.588 bits per heavy atom. The number of unbranched alkanes of at least 4 members (excludes halogenated alkanes) is 25. The molecule has 1 unspecified atom stereocenters. The molecule has 0 bridgehead atoms. The van der Waals surface area contributed by atoms with E-state index in [1.54, 1.807) is 0 Å². The summed E-state index contributed by atoms with van der Waals surface area (Å²) in [5, 5.41) is 0.391. The average Bonchev–Trinajstić information content (AvgIpc) is 3.07. The summed E-state index contributed by atoms with van der Waals surface area (Å²) in [6, 6.07) is 0. The molecule has 2 atom stereocenters. The summed E-state index contributed by atoms with van der Waals surface area (Å²) in [6.07, 6.45) is 34.2. The van der Waals surface area contributed by atoms with Gasteiger partial charge in [0, 0.05) is 12.8 Å². The Bertz CT molecular complexity index is 854. The summed E-state index contributed by atoms with van der Waals surface area (Å²) >= 11 is 5.49. The molecule has 0 saturated carbocycles. The first kappa shape index (κ1) is 50.4. The highest BCUT2D eigenvalue weighted by molar-refractivity contribution is 7.80. The quantitative estimate of drug-likeness (QED) is 0.0201. The van der Waals surface area contributed by atoms with Crippen molar-refractivity contribution in [2.45, 2.75) is 206 Å². The molecule has 0 aliphatic carbocycles. The number of thiocarbonyl (C=S) groups is 1. The van der Waals surface area contributed by atoms with Crippen LogP contribution in [-0.4, -0.2) is 69.1 Å². The van der Waals surface area contributed by atoms with Gasteiger partial charge < -0.3 is 27.9 Å². The maximum atomic E-state index is 12.5. The molecule has 0 aliphatic rings. The van der Waals surface area contributed by atoms with Crippen LogP contribution in [0.25, 0.3) is 0 Å². The molecule has 0 amide bonds. The summed E-state index contributed by atoms with van der Waals surface area (Å²) in [5.74, 6) is -0.311. The van der Waals surface area contributed by atoms with Crippen LogP contribution in [0.1, 0.15) is 200 Å². The smallest absolute Gasteiger partial charge is 0.305 e. The molecule has 0 spiro atoms. The van der Waals surface area contributed by atoms with Gasteiger partial charge in [-0.3, -0.25) is 9.36 Å². The van der Waals surface area contributed by atoms with E-state index < -0.39 is 13.9 Å². The first-order chi connectivity index (χ1) is 24.5. The van der Waals surface area contributed by atoms with Gasteiger partial charge in [-0.05, 0) is 25.1 Å². The van der Waals surface area contributed by atoms with E-state index in [0.717, 1.165) is 32.1 Å². The van der Waals surface area contributed by atoms with E-state index in [9.17, 15) is 14.3 Å². The molecule has 0 fully saturated rings. The number of rotatable bonds is 39. The van der Waals surface area contributed by atoms with Crippen LogP contribution in [0.4, 0.5) is 0 Å². The van der Waals surface area contributed by atoms with Gasteiger partial charge >= 0.3 is 5.97 Å². The standard InChI is InChI=1S/C41H82NO7PS/c1-6-8-10-12-14-16-18-20-22-24-26-28-30-32-34-41(51)49-39(38-48-50(44,45)47-36-35-42(3,4)5)37-46-40(43)33-31-29-27-25-23-21-19-17-15-13-11-9-7-2/h39H,6-38H2,1-5H3/t39-/m1/s1. The predicted octanol–water partition coefficient (Wildman–Crippen LogP) is 11.8. The van der Waals surface area contributed by atoms with E-state index >= 15 is 0 Å². The zero-order valence-electron chi connectivity index (χ0n) is 34.1. The highest BCUT2D eigenvalue weighted by atomic mass is 32.1. The first-order valence-electron chi connectivity index (χ1n) is 21.2. The molecule has 0 rings (SSSR count). The molecule has 0 saturated heterocycles. The number of likely N-dealkylation sites (N-methyl/N-ethyl adjacent to an activating group) is 1. The number of quaternary nitrogens is 1. The number of carbonyl (C=O) groups is 1. The second kappa shape index (κ2) is 35.2. The zero-order valence-corrected chi connectivity index (χ0v) is 35.8. The minimum atomic E-state index is -4.54. The summed E-state index contributed by atoms with van der Waals surface area (Å²) in [7, 11) is 1.32. The number of esters is 1. The predicted molar refractivity (Wildman–Crippen MR) is 216 cm³/mol. The summed E-state index contributed by atoms with van der Waals surface area (Å²) in [5.41, 5.74) is 0. The third-order valence-corrected chi connectivity index (χ3v) is 10.6. The number of ether oxygens (including phenoxy) is 2. The monoisotopic (exact) mass is 764 g/mol. The Morgan fingerprint density at radius 3 is 1.35 bits per heavy atom. The van der Waals surface area contributed by atoms with Gasteiger partial charge in [0.15, 0.2) is 11.2 Å². The van der Waals surface area contributed by atoms with Crippen LogP contribution in [0, 0.1) is 0 Å². The molecule has 0 aliphatic heterocycles. The van der Waals surface area contributed by atoms with E-state index in [1.807, 2.05) is 21.1 Å². The van der Waals surface area contributed by atoms with Gasteiger partial charge in [-0.15, -0.1) is 0 Å². The Labute approximate surface area is 321 Å². The van der Waals surface area contributed by atoms with Gasteiger partial charge in [0.2, 0.25) is 0 Å². The average molecular weight is 764 g/mol. The highest BCUT2D eigenvalue weighted by Gasteiger charge is 2.20. The van der Waals surface area contributed by atoms with Crippen LogP contribution in [0.15, 0.2) is 0 Å². The highest BCUT2D eigenvalue weighted by Crippen LogP contribution is 2.38. The first-order valence-corrected chi connectivity index (χ1v) is 23.1. The number of phosphoric ester groups is 1. The van der Waals surface area contributed by atoms with Crippen molar-refractivity contribution in [3.63, 3.8) is 0 Å². The Balaban J connectivity index is 4.35. The minimum absolute atomic E-state index is 0.0153. The Morgan fingerprint density at radius 2 is 0.961 bits per heavy atom. The Kier molecular flexibility index (Phi) is 34.8. The second-order valence-electron chi connectivity index (χ2n) is 15.7. The number of phosphoric acid groups is 1. The normalized spacial score (nSPS) is 13.6. The molecular formula is C41H82NO7PS. The zero-order chi connectivity index (χ0) is 37.9. The van der Waals surface area contributed by atoms with Crippen LogP contribution in [0.2, 0.25) is 0 Å². The lowest BCUT2D eigenvalue weighted by atomic mass is 10.0. The van der Waals surface area contributed by atoms with Crippen molar-refractivity contribution in [2.24, 2.45) is 0 Å². The maximum Gasteiger partial charge on any atom is 0.305 e. The van der Waals surface area contributed by atoms with Crippen LogP contribution in [-0.2, 0) is 27.9 Å². The van der Waals surface area contributed by atoms with Gasteiger partial charge in [0.25, 0.3) is 7.82 Å². The lowest BCUT2D eigenvalue weighted by Gasteiger charge is -2.28. The fraction of sp³-hybridized carbons (Fsp3) is 0.951. The van der Waals surface area contributed by atoms with E-state index in [-0.39, 0.29) is 25.8 Å². The van der Waals surface area contributed by atoms with Crippen molar-refractivity contribution in [3.8, 4) is 0 Å². The SMILES string of the molecule is CCCCCCCCCCCCCCCCC(=S)O[C@H](COC(=O)CCCCCCCCCCCCCCC)COP(=O)([O-])OCC[N+](C)(C)C. The van der Waals surface area contributed by atoms with Crippen molar-refractivity contribution in [3.05, 3.63) is 0 Å². The molecule has 0 radical (unpaired) electrons. The topological polar surface area (TPSA) is 94.1 Å². The molecule has 0 heterocycles. The van der Waals surface area contributed by atoms with Crippen molar-refractivity contribution in [1.82, 2.24) is 0 Å². The van der Waals surface area contributed by atoms with Crippen molar-refractivity contribution in [2.75, 3.05) is 47.5 Å². The number of carbonyl (C=O) groups excluding carboxylic acids is 1. The molecule has 304 valence electrons. The van der Waals surface area contributed by atoms with Gasteiger partial charge in [0.1, 0.15) is 19.8 Å². The molecule has 0 aromatic carbocycles. The van der Waals surface area contributed by atoms with Crippen LogP contribution in [0.5, 0.6) is 0 Å². The lowest BCUT2D eigenvalue weighted by Crippen LogP contribution is -2.37. The summed E-state index contributed by atoms with van der Waals surface area (Å²) in [4.78, 5) is 24.9. The minimum Gasteiger partial charge on any atom is -0.756 e. The van der Waals surface area contributed by atoms with Gasteiger partial charge in [-0.25, -0.2) is 0 Å². The number of nitrogens with zero attached hydrogens (tertiary/aromatic N) is 1. The molecule has 0 N–H and O–H groups in total. The van der Waals surface area contributed by atoms with Crippen LogP contribution >= 0.6 is 20.0 Å². The third-order valence-electron chi connectivity index (χ3n) is 9.38. The molecule has 0 aromatic heterocycles. The van der Waals surface area contributed by atoms with Gasteiger partial charge in [-0.1, -0.05) is 174 Å². The lowest BCUT2D eigenvalue weighted by molar-refractivity contribution is -0.870. The van der Waals surface area contributed by atoms with Crippen molar-refractivity contribution in [1.29, 1.82) is 0 Å². The van der Waals surface area contributed by atoms with E-state index in [1.165, 1.54) is 141 Å². The largest absolute Gasteiger partial charge is 0.756 e. The second-order valence-corrected chi connectivity index (χ2v) is 17.6. The third kappa shape index (κ3) is 39.0. The fourth-order valence-corrected chi connectivity index (χ4v) is 7.02. The molecule has 10 heteroatoms. The summed E-state index contributed by atoms with van der Waals surface area (Å²) < 4.78 is 34.5. The number of hydrogen-bond acceptors (Lipinski definition) is 8. The molecule has 0 aromatic rings. The van der Waals surface area contributed by atoms with E-state index in [0.29, 0.717) is 28.9 Å². The Hall–Kier alpha value is -0.570. The fourth-order valence-electron chi connectivity index (χ4n) is 6.01. The summed E-state index contributed by atoms with van der Waals surface area (Å²) in [6.45, 7) is 4.61. The van der Waals surface area contributed by atoms with E-state index in [4.69, 9.17) is 30.7 Å². The van der Waals surface area contributed by atoms with Crippen molar-refractivity contribution < 1.29 is 37.3 Å². The van der Waals surface area contributed by atoms with Crippen LogP contribution in [0.3, 0.4) is 0 Å². The molecule has 8 nitrogen and oxygen atoms in total. The van der Waals surface area contributed by atoms with Crippen LogP contribution < -0.4 is 4.89 Å². The van der Waals surface area contributed by atoms with Crippen molar-refractivity contribution >= 4 is 31.1 Å². The molecular weight excluding hydrogens is 681 g/mol. The van der Waals surface area contributed by atoms with Gasteiger partial charge in [-0.2, -0.15) is 0 Å². The number of hydrogen-bond donors (Lipinski definition) is 0.